The quantitative estimate of drug-likeness (QED) is 0.914. The number of halogens is 3. The van der Waals surface area contributed by atoms with Crippen LogP contribution in [0.2, 0.25) is 0 Å². The van der Waals surface area contributed by atoms with Gasteiger partial charge < -0.3 is 10.6 Å². The SMILES string of the molecule is NCCCC1CCCN1c1ccc(C(F)(F)F)nn1. The average molecular weight is 274 g/mol. The first-order valence-corrected chi connectivity index (χ1v) is 6.40. The fraction of sp³-hybridized carbons (Fsp3) is 0.667. The molecule has 7 heteroatoms. The van der Waals surface area contributed by atoms with E-state index in [0.717, 1.165) is 38.3 Å². The molecule has 0 radical (unpaired) electrons. The Morgan fingerprint density at radius 1 is 1.32 bits per heavy atom. The Labute approximate surface area is 109 Å². The monoisotopic (exact) mass is 274 g/mol. The van der Waals surface area contributed by atoms with E-state index >= 15 is 0 Å². The van der Waals surface area contributed by atoms with Crippen LogP contribution in [0.15, 0.2) is 12.1 Å². The smallest absolute Gasteiger partial charge is 0.352 e. The van der Waals surface area contributed by atoms with Gasteiger partial charge in [0.15, 0.2) is 11.5 Å². The van der Waals surface area contributed by atoms with Crippen LogP contribution in [0, 0.1) is 0 Å². The molecule has 2 rings (SSSR count). The van der Waals surface area contributed by atoms with E-state index in [0.29, 0.717) is 18.4 Å². The molecule has 1 aliphatic heterocycles. The topological polar surface area (TPSA) is 55.0 Å². The van der Waals surface area contributed by atoms with Crippen LogP contribution in [0.1, 0.15) is 31.4 Å². The summed E-state index contributed by atoms with van der Waals surface area (Å²) in [5, 5.41) is 6.98. The Morgan fingerprint density at radius 3 is 2.68 bits per heavy atom. The zero-order valence-electron chi connectivity index (χ0n) is 10.5. The van der Waals surface area contributed by atoms with Gasteiger partial charge >= 0.3 is 6.18 Å². The molecule has 0 amide bonds. The molecule has 0 bridgehead atoms. The lowest BCUT2D eigenvalue weighted by molar-refractivity contribution is -0.141. The molecule has 0 saturated carbocycles. The van der Waals surface area contributed by atoms with Crippen molar-refractivity contribution >= 4 is 5.82 Å². The van der Waals surface area contributed by atoms with Gasteiger partial charge in [-0.2, -0.15) is 13.2 Å². The van der Waals surface area contributed by atoms with E-state index in [2.05, 4.69) is 10.2 Å². The van der Waals surface area contributed by atoms with Gasteiger partial charge in [0.1, 0.15) is 0 Å². The maximum atomic E-state index is 12.4. The zero-order valence-corrected chi connectivity index (χ0v) is 10.5. The summed E-state index contributed by atoms with van der Waals surface area (Å²) >= 11 is 0. The van der Waals surface area contributed by atoms with Crippen LogP contribution in [0.4, 0.5) is 19.0 Å². The van der Waals surface area contributed by atoms with E-state index in [1.165, 1.54) is 6.07 Å². The normalized spacial score (nSPS) is 20.0. The van der Waals surface area contributed by atoms with Crippen LogP contribution >= 0.6 is 0 Å². The van der Waals surface area contributed by atoms with Gasteiger partial charge in [-0.1, -0.05) is 0 Å². The molecule has 19 heavy (non-hydrogen) atoms. The van der Waals surface area contributed by atoms with Crippen LogP contribution in [-0.4, -0.2) is 29.3 Å². The summed E-state index contributed by atoms with van der Waals surface area (Å²) in [6.07, 6.45) is -0.523. The average Bonchev–Trinajstić information content (AvgIpc) is 2.83. The highest BCUT2D eigenvalue weighted by atomic mass is 19.4. The lowest BCUT2D eigenvalue weighted by Gasteiger charge is -2.25. The molecule has 0 aromatic carbocycles. The van der Waals surface area contributed by atoms with Crippen LogP contribution < -0.4 is 10.6 Å². The highest BCUT2D eigenvalue weighted by molar-refractivity contribution is 5.40. The van der Waals surface area contributed by atoms with Crippen molar-refractivity contribution in [1.29, 1.82) is 0 Å². The van der Waals surface area contributed by atoms with Crippen molar-refractivity contribution in [3.8, 4) is 0 Å². The van der Waals surface area contributed by atoms with Gasteiger partial charge in [-0.3, -0.25) is 0 Å². The maximum absolute atomic E-state index is 12.4. The van der Waals surface area contributed by atoms with E-state index in [4.69, 9.17) is 5.73 Å². The number of hydrogen-bond acceptors (Lipinski definition) is 4. The third-order valence-electron chi connectivity index (χ3n) is 3.35. The van der Waals surface area contributed by atoms with Crippen molar-refractivity contribution in [2.75, 3.05) is 18.0 Å². The Morgan fingerprint density at radius 2 is 2.11 bits per heavy atom. The summed E-state index contributed by atoms with van der Waals surface area (Å²) in [7, 11) is 0. The van der Waals surface area contributed by atoms with Crippen molar-refractivity contribution in [3.63, 3.8) is 0 Å². The number of nitrogens with zero attached hydrogens (tertiary/aromatic N) is 3. The highest BCUT2D eigenvalue weighted by Crippen LogP contribution is 2.30. The number of alkyl halides is 3. The molecule has 106 valence electrons. The number of aromatic nitrogens is 2. The molecule has 0 spiro atoms. The minimum atomic E-state index is -4.44. The minimum Gasteiger partial charge on any atom is -0.352 e. The number of nitrogens with two attached hydrogens (primary N) is 1. The lowest BCUT2D eigenvalue weighted by atomic mass is 10.1. The van der Waals surface area contributed by atoms with Gasteiger partial charge in [-0.15, -0.1) is 10.2 Å². The van der Waals surface area contributed by atoms with Gasteiger partial charge in [0.25, 0.3) is 0 Å². The molecule has 2 N–H and O–H groups in total. The van der Waals surface area contributed by atoms with E-state index in [1.54, 1.807) is 0 Å². The molecule has 1 aromatic rings. The number of anilines is 1. The Balaban J connectivity index is 2.08. The Kier molecular flexibility index (Phi) is 4.24. The molecule has 4 nitrogen and oxygen atoms in total. The fourth-order valence-electron chi connectivity index (χ4n) is 2.42. The predicted octanol–water partition coefficient (Wildman–Crippen LogP) is 2.20. The molecule has 1 aromatic heterocycles. The van der Waals surface area contributed by atoms with Gasteiger partial charge in [-0.25, -0.2) is 0 Å². The fourth-order valence-corrected chi connectivity index (χ4v) is 2.42. The van der Waals surface area contributed by atoms with E-state index in [1.807, 2.05) is 4.90 Å². The van der Waals surface area contributed by atoms with Crippen molar-refractivity contribution in [1.82, 2.24) is 10.2 Å². The molecular weight excluding hydrogens is 257 g/mol. The van der Waals surface area contributed by atoms with Gasteiger partial charge in [0, 0.05) is 12.6 Å². The van der Waals surface area contributed by atoms with Gasteiger partial charge in [0.05, 0.1) is 0 Å². The summed E-state index contributed by atoms with van der Waals surface area (Å²) in [5.74, 6) is 0.521. The second-order valence-electron chi connectivity index (χ2n) is 4.69. The zero-order chi connectivity index (χ0) is 13.9. The third-order valence-corrected chi connectivity index (χ3v) is 3.35. The molecule has 1 saturated heterocycles. The molecule has 1 atom stereocenters. The largest absolute Gasteiger partial charge is 0.435 e. The summed E-state index contributed by atoms with van der Waals surface area (Å²) in [5.41, 5.74) is 4.54. The standard InChI is InChI=1S/C12H17F3N4/c13-12(14,15)10-5-6-11(18-17-10)19-8-2-4-9(19)3-1-7-16/h5-6,9H,1-4,7-8,16H2. The lowest BCUT2D eigenvalue weighted by Crippen LogP contribution is -2.30. The Hall–Kier alpha value is -1.37. The van der Waals surface area contributed by atoms with Gasteiger partial charge in [-0.05, 0) is 44.4 Å². The first-order valence-electron chi connectivity index (χ1n) is 6.40. The maximum Gasteiger partial charge on any atom is 0.435 e. The first kappa shape index (κ1) is 14.0. The van der Waals surface area contributed by atoms with E-state index in [-0.39, 0.29) is 0 Å². The first-order chi connectivity index (χ1) is 9.02. The van der Waals surface area contributed by atoms with Crippen molar-refractivity contribution in [2.45, 2.75) is 37.9 Å². The molecule has 2 heterocycles. The van der Waals surface area contributed by atoms with Crippen LogP contribution in [-0.2, 0) is 6.18 Å². The Bertz CT molecular complexity index is 404. The molecule has 1 fully saturated rings. The molecule has 1 aliphatic rings. The van der Waals surface area contributed by atoms with E-state index in [9.17, 15) is 13.2 Å². The van der Waals surface area contributed by atoms with Crippen LogP contribution in [0.5, 0.6) is 0 Å². The molecule has 1 unspecified atom stereocenters. The summed E-state index contributed by atoms with van der Waals surface area (Å²) in [6, 6.07) is 2.70. The summed E-state index contributed by atoms with van der Waals surface area (Å²) < 4.78 is 37.2. The van der Waals surface area contributed by atoms with Gasteiger partial charge in [0.2, 0.25) is 0 Å². The van der Waals surface area contributed by atoms with Crippen LogP contribution in [0.3, 0.4) is 0 Å². The second kappa shape index (κ2) is 5.73. The molecule has 0 aliphatic carbocycles. The number of rotatable bonds is 4. The summed E-state index contributed by atoms with van der Waals surface area (Å²) in [4.78, 5) is 2.03. The summed E-state index contributed by atoms with van der Waals surface area (Å²) in [6.45, 7) is 1.44. The minimum absolute atomic E-state index is 0.314. The predicted molar refractivity (Wildman–Crippen MR) is 65.7 cm³/mol. The highest BCUT2D eigenvalue weighted by Gasteiger charge is 2.33. The second-order valence-corrected chi connectivity index (χ2v) is 4.69. The number of hydrogen-bond donors (Lipinski definition) is 1. The van der Waals surface area contributed by atoms with Crippen molar-refractivity contribution in [2.24, 2.45) is 5.73 Å². The van der Waals surface area contributed by atoms with Crippen molar-refractivity contribution in [3.05, 3.63) is 17.8 Å². The molecular formula is C12H17F3N4. The van der Waals surface area contributed by atoms with Crippen molar-refractivity contribution < 1.29 is 13.2 Å². The third kappa shape index (κ3) is 3.34. The van der Waals surface area contributed by atoms with Crippen LogP contribution in [0.25, 0.3) is 0 Å². The van der Waals surface area contributed by atoms with E-state index < -0.39 is 11.9 Å².